The van der Waals surface area contributed by atoms with Gasteiger partial charge in [0, 0.05) is 33.7 Å². The lowest BCUT2D eigenvalue weighted by atomic mass is 10.0. The molecule has 34 heavy (non-hydrogen) atoms. The van der Waals surface area contributed by atoms with Gasteiger partial charge in [-0.05, 0) is 54.0 Å². The van der Waals surface area contributed by atoms with Crippen LogP contribution in [0.4, 0.5) is 5.69 Å². The van der Waals surface area contributed by atoms with E-state index in [0.717, 1.165) is 29.4 Å². The Labute approximate surface area is 206 Å². The summed E-state index contributed by atoms with van der Waals surface area (Å²) in [6.45, 7) is 9.48. The van der Waals surface area contributed by atoms with Gasteiger partial charge in [-0.1, -0.05) is 80.6 Å². The van der Waals surface area contributed by atoms with Crippen LogP contribution in [-0.4, -0.2) is 23.7 Å². The lowest BCUT2D eigenvalue weighted by Crippen LogP contribution is -2.12. The molecule has 4 aromatic carbocycles. The highest BCUT2D eigenvalue weighted by Gasteiger charge is 2.27. The monoisotopic (exact) mass is 462 g/mol. The van der Waals surface area contributed by atoms with Gasteiger partial charge in [-0.2, -0.15) is 0 Å². The number of thioether (sulfide) groups is 1. The minimum atomic E-state index is 0.562. The van der Waals surface area contributed by atoms with Crippen molar-refractivity contribution in [1.29, 1.82) is 0 Å². The summed E-state index contributed by atoms with van der Waals surface area (Å²) >= 11 is 1.86. The molecule has 0 atom stereocenters. The molecule has 0 aromatic heterocycles. The molecule has 0 aliphatic heterocycles. The first-order valence-electron chi connectivity index (χ1n) is 12.0. The quantitative estimate of drug-likeness (QED) is 0.209. The highest BCUT2D eigenvalue weighted by atomic mass is 32.2. The summed E-state index contributed by atoms with van der Waals surface area (Å²) in [5, 5.41) is 2.51. The van der Waals surface area contributed by atoms with E-state index < -0.39 is 0 Å². The first-order chi connectivity index (χ1) is 16.5. The summed E-state index contributed by atoms with van der Waals surface area (Å²) in [6, 6.07) is 28.3. The first kappa shape index (κ1) is 22.6. The molecule has 0 amide bonds. The lowest BCUT2D eigenvalue weighted by molar-refractivity contribution is 0.865. The van der Waals surface area contributed by atoms with Crippen molar-refractivity contribution in [2.75, 3.05) is 12.3 Å². The van der Waals surface area contributed by atoms with Crippen molar-refractivity contribution in [3.63, 3.8) is 0 Å². The second kappa shape index (κ2) is 9.60. The maximum absolute atomic E-state index is 5.22. The molecule has 1 aliphatic carbocycles. The SMILES string of the molecule is Cc1cccc(C)c1N=C1C(=NCCSc2ccc(C(C)C)cc2)c2cccc3cccc1c23. The van der Waals surface area contributed by atoms with Crippen LogP contribution >= 0.6 is 11.8 Å². The summed E-state index contributed by atoms with van der Waals surface area (Å²) in [5.74, 6) is 1.50. The van der Waals surface area contributed by atoms with Gasteiger partial charge in [0.05, 0.1) is 17.1 Å². The minimum Gasteiger partial charge on any atom is -0.282 e. The summed E-state index contributed by atoms with van der Waals surface area (Å²) in [7, 11) is 0. The van der Waals surface area contributed by atoms with Crippen molar-refractivity contribution in [2.45, 2.75) is 38.5 Å². The predicted molar refractivity (Wildman–Crippen MR) is 149 cm³/mol. The molecule has 0 spiro atoms. The van der Waals surface area contributed by atoms with Gasteiger partial charge in [0.15, 0.2) is 0 Å². The van der Waals surface area contributed by atoms with Crippen molar-refractivity contribution < 1.29 is 0 Å². The van der Waals surface area contributed by atoms with Gasteiger partial charge in [0.2, 0.25) is 0 Å². The molecule has 2 nitrogen and oxygen atoms in total. The molecular weight excluding hydrogens is 432 g/mol. The summed E-state index contributed by atoms with van der Waals surface area (Å²) < 4.78 is 0. The van der Waals surface area contributed by atoms with Crippen molar-refractivity contribution in [2.24, 2.45) is 9.98 Å². The topological polar surface area (TPSA) is 24.7 Å². The van der Waals surface area contributed by atoms with Crippen LogP contribution < -0.4 is 0 Å². The molecule has 4 aromatic rings. The number of hydrogen-bond acceptors (Lipinski definition) is 3. The zero-order chi connectivity index (χ0) is 23.7. The number of hydrogen-bond donors (Lipinski definition) is 0. The van der Waals surface area contributed by atoms with Gasteiger partial charge in [-0.25, -0.2) is 4.99 Å². The van der Waals surface area contributed by atoms with Crippen LogP contribution in [0.25, 0.3) is 10.8 Å². The van der Waals surface area contributed by atoms with E-state index in [1.54, 1.807) is 0 Å². The fourth-order valence-electron chi connectivity index (χ4n) is 4.63. The Morgan fingerprint density at radius 3 is 2.00 bits per heavy atom. The Morgan fingerprint density at radius 1 is 0.735 bits per heavy atom. The molecule has 0 radical (unpaired) electrons. The van der Waals surface area contributed by atoms with Gasteiger partial charge in [-0.3, -0.25) is 4.99 Å². The van der Waals surface area contributed by atoms with Crippen LogP contribution in [0, 0.1) is 13.8 Å². The molecule has 0 unspecified atom stereocenters. The average Bonchev–Trinajstić information content (AvgIpc) is 3.14. The highest BCUT2D eigenvalue weighted by molar-refractivity contribution is 7.99. The van der Waals surface area contributed by atoms with E-state index in [1.807, 2.05) is 11.8 Å². The Bertz CT molecular complexity index is 1390. The Hall–Kier alpha value is -3.17. The van der Waals surface area contributed by atoms with Crippen molar-refractivity contribution in [3.05, 3.63) is 107 Å². The maximum atomic E-state index is 5.22. The minimum absolute atomic E-state index is 0.562. The molecule has 5 rings (SSSR count). The molecule has 0 saturated carbocycles. The zero-order valence-corrected chi connectivity index (χ0v) is 21.1. The number of rotatable bonds is 6. The molecule has 0 N–H and O–H groups in total. The number of benzene rings is 4. The molecule has 0 heterocycles. The third kappa shape index (κ3) is 4.33. The normalized spacial score (nSPS) is 15.2. The van der Waals surface area contributed by atoms with E-state index in [9.17, 15) is 0 Å². The number of aryl methyl sites for hydroxylation is 2. The number of para-hydroxylation sites is 1. The Kier molecular flexibility index (Phi) is 6.38. The van der Waals surface area contributed by atoms with E-state index in [0.29, 0.717) is 5.92 Å². The standard InChI is InChI=1S/C31H30N2S/c1-20(2)23-14-16-25(17-15-23)34-19-18-32-30-26-12-6-10-24-11-7-13-27(28(24)26)31(30)33-29-21(3)8-5-9-22(29)4/h5-17,20H,18-19H2,1-4H3. The lowest BCUT2D eigenvalue weighted by Gasteiger charge is -2.08. The molecule has 1 aliphatic rings. The summed E-state index contributed by atoms with van der Waals surface area (Å²) in [5.41, 5.74) is 9.21. The Morgan fingerprint density at radius 2 is 1.35 bits per heavy atom. The van der Waals surface area contributed by atoms with Crippen LogP contribution in [0.3, 0.4) is 0 Å². The van der Waals surface area contributed by atoms with Crippen molar-refractivity contribution >= 4 is 39.6 Å². The smallest absolute Gasteiger partial charge is 0.0974 e. The van der Waals surface area contributed by atoms with Crippen molar-refractivity contribution in [3.8, 4) is 0 Å². The van der Waals surface area contributed by atoms with Crippen LogP contribution in [0.2, 0.25) is 0 Å². The second-order valence-corrected chi connectivity index (χ2v) is 10.4. The fraction of sp³-hybridized carbons (Fsp3) is 0.226. The largest absolute Gasteiger partial charge is 0.282 e. The maximum Gasteiger partial charge on any atom is 0.0974 e. The first-order valence-corrected chi connectivity index (χ1v) is 13.0. The van der Waals surface area contributed by atoms with Gasteiger partial charge in [0.25, 0.3) is 0 Å². The molecule has 0 fully saturated rings. The van der Waals surface area contributed by atoms with E-state index in [1.165, 1.54) is 43.5 Å². The van der Waals surface area contributed by atoms with Gasteiger partial charge in [-0.15, -0.1) is 11.8 Å². The van der Waals surface area contributed by atoms with E-state index in [4.69, 9.17) is 9.98 Å². The molecular formula is C31H30N2S. The third-order valence-corrected chi connectivity index (χ3v) is 7.47. The molecule has 170 valence electrons. The Balaban J connectivity index is 1.47. The van der Waals surface area contributed by atoms with Crippen molar-refractivity contribution in [1.82, 2.24) is 0 Å². The van der Waals surface area contributed by atoms with E-state index >= 15 is 0 Å². The van der Waals surface area contributed by atoms with E-state index in [2.05, 4.69) is 107 Å². The third-order valence-electron chi connectivity index (χ3n) is 6.48. The number of nitrogens with zero attached hydrogens (tertiary/aromatic N) is 2. The molecule has 0 saturated heterocycles. The highest BCUT2D eigenvalue weighted by Crippen LogP contribution is 2.34. The van der Waals surface area contributed by atoms with Crippen LogP contribution in [-0.2, 0) is 0 Å². The van der Waals surface area contributed by atoms with Crippen LogP contribution in [0.1, 0.15) is 47.6 Å². The second-order valence-electron chi connectivity index (χ2n) is 9.21. The molecule has 0 bridgehead atoms. The van der Waals surface area contributed by atoms with Crippen LogP contribution in [0.15, 0.2) is 93.7 Å². The summed E-state index contributed by atoms with van der Waals surface area (Å²) in [6.07, 6.45) is 0. The predicted octanol–water partition coefficient (Wildman–Crippen LogP) is 8.30. The zero-order valence-electron chi connectivity index (χ0n) is 20.3. The number of aliphatic imine (C=N–C) groups is 2. The fourth-order valence-corrected chi connectivity index (χ4v) is 5.37. The molecule has 3 heteroatoms. The van der Waals surface area contributed by atoms with Gasteiger partial charge < -0.3 is 0 Å². The van der Waals surface area contributed by atoms with Gasteiger partial charge in [0.1, 0.15) is 0 Å². The van der Waals surface area contributed by atoms with Gasteiger partial charge >= 0.3 is 0 Å². The average molecular weight is 463 g/mol. The van der Waals surface area contributed by atoms with E-state index in [-0.39, 0.29) is 0 Å². The summed E-state index contributed by atoms with van der Waals surface area (Å²) in [4.78, 5) is 11.6. The van der Waals surface area contributed by atoms with Crippen LogP contribution in [0.5, 0.6) is 0 Å².